The van der Waals surface area contributed by atoms with Crippen LogP contribution in [0.15, 0.2) is 89.8 Å². The van der Waals surface area contributed by atoms with E-state index < -0.39 is 0 Å². The molecule has 0 fully saturated rings. The lowest BCUT2D eigenvalue weighted by Crippen LogP contribution is -2.24. The minimum atomic E-state index is -0.316. The first-order valence-corrected chi connectivity index (χ1v) is 13.3. The van der Waals surface area contributed by atoms with Crippen LogP contribution in [0.1, 0.15) is 42.2 Å². The minimum absolute atomic E-state index is 0.0831. The van der Waals surface area contributed by atoms with Gasteiger partial charge in [0.05, 0.1) is 31.2 Å². The molecule has 0 bridgehead atoms. The fourth-order valence-corrected chi connectivity index (χ4v) is 5.10. The number of benzene rings is 4. The molecule has 2 N–H and O–H groups in total. The Balaban J connectivity index is 1.21. The number of carbonyl (C=O) groups excluding carboxylic acids is 4. The highest BCUT2D eigenvalue weighted by Gasteiger charge is 2.31. The number of rotatable bonds is 8. The van der Waals surface area contributed by atoms with Crippen LogP contribution < -0.4 is 20.1 Å². The molecule has 0 aliphatic heterocycles. The van der Waals surface area contributed by atoms with Gasteiger partial charge in [-0.05, 0) is 48.5 Å². The molecule has 40 heavy (non-hydrogen) atoms. The van der Waals surface area contributed by atoms with Crippen molar-refractivity contribution in [1.82, 2.24) is 0 Å². The molecule has 4 aromatic carbocycles. The summed E-state index contributed by atoms with van der Waals surface area (Å²) in [5, 5.41) is 5.62. The molecular weight excluding hydrogens is 528 g/mol. The van der Waals surface area contributed by atoms with Gasteiger partial charge in [-0.15, -0.1) is 11.8 Å². The Kier molecular flexibility index (Phi) is 7.65. The van der Waals surface area contributed by atoms with Gasteiger partial charge in [0.2, 0.25) is 5.91 Å². The average molecular weight is 553 g/mol. The van der Waals surface area contributed by atoms with Crippen molar-refractivity contribution in [2.75, 3.05) is 30.6 Å². The van der Waals surface area contributed by atoms with Crippen molar-refractivity contribution in [3.05, 3.63) is 113 Å². The van der Waals surface area contributed by atoms with Gasteiger partial charge in [0.15, 0.2) is 23.1 Å². The van der Waals surface area contributed by atoms with Crippen LogP contribution in [0.3, 0.4) is 0 Å². The molecule has 1 aliphatic rings. The molecule has 200 valence electrons. The first-order valence-electron chi connectivity index (χ1n) is 12.3. The molecule has 2 amide bonds. The van der Waals surface area contributed by atoms with E-state index in [9.17, 15) is 19.2 Å². The summed E-state index contributed by atoms with van der Waals surface area (Å²) in [6.07, 6.45) is 0. The monoisotopic (exact) mass is 552 g/mol. The zero-order chi connectivity index (χ0) is 28.2. The van der Waals surface area contributed by atoms with Crippen molar-refractivity contribution >= 4 is 46.5 Å². The summed E-state index contributed by atoms with van der Waals surface area (Å²) in [6.45, 7) is 0. The van der Waals surface area contributed by atoms with Crippen LogP contribution in [0.2, 0.25) is 0 Å². The Labute approximate surface area is 234 Å². The fraction of sp³-hybridized carbons (Fsp3) is 0.0968. The highest BCUT2D eigenvalue weighted by molar-refractivity contribution is 8.00. The molecule has 1 aliphatic carbocycles. The van der Waals surface area contributed by atoms with Crippen LogP contribution in [0.25, 0.3) is 0 Å². The summed E-state index contributed by atoms with van der Waals surface area (Å²) in [6, 6.07) is 23.5. The predicted molar refractivity (Wildman–Crippen MR) is 153 cm³/mol. The van der Waals surface area contributed by atoms with E-state index in [1.807, 2.05) is 0 Å². The molecule has 0 radical (unpaired) electrons. The molecule has 4 aromatic rings. The Hall–Kier alpha value is -4.89. The van der Waals surface area contributed by atoms with Gasteiger partial charge >= 0.3 is 0 Å². The number of hydrogen-bond donors (Lipinski definition) is 2. The molecule has 0 saturated heterocycles. The van der Waals surface area contributed by atoms with E-state index >= 15 is 0 Å². The van der Waals surface area contributed by atoms with Crippen molar-refractivity contribution in [3.63, 3.8) is 0 Å². The van der Waals surface area contributed by atoms with Crippen LogP contribution in [0, 0.1) is 0 Å². The van der Waals surface area contributed by atoms with Gasteiger partial charge in [0.1, 0.15) is 0 Å². The van der Waals surface area contributed by atoms with Gasteiger partial charge in [0, 0.05) is 32.8 Å². The lowest BCUT2D eigenvalue weighted by Gasteiger charge is -2.20. The van der Waals surface area contributed by atoms with Crippen molar-refractivity contribution in [1.29, 1.82) is 0 Å². The van der Waals surface area contributed by atoms with Crippen molar-refractivity contribution in [2.45, 2.75) is 4.90 Å². The molecule has 0 unspecified atom stereocenters. The number of nitrogens with one attached hydrogen (secondary N) is 2. The second-order valence-corrected chi connectivity index (χ2v) is 9.87. The largest absolute Gasteiger partial charge is 0.493 e. The predicted octanol–water partition coefficient (Wildman–Crippen LogP) is 5.46. The maximum absolute atomic E-state index is 13.1. The Morgan fingerprint density at radius 3 is 2.10 bits per heavy atom. The average Bonchev–Trinajstić information content (AvgIpc) is 2.99. The van der Waals surface area contributed by atoms with Gasteiger partial charge in [-0.1, -0.05) is 36.4 Å². The molecule has 5 rings (SSSR count). The normalized spacial score (nSPS) is 11.8. The Bertz CT molecular complexity index is 1650. The van der Waals surface area contributed by atoms with Crippen molar-refractivity contribution < 1.29 is 28.7 Å². The summed E-state index contributed by atoms with van der Waals surface area (Å²) < 4.78 is 10.5. The lowest BCUT2D eigenvalue weighted by molar-refractivity contribution is -0.113. The number of fused-ring (bicyclic) bond motifs is 2. The third kappa shape index (κ3) is 5.32. The van der Waals surface area contributed by atoms with Gasteiger partial charge < -0.3 is 20.1 Å². The third-order valence-corrected chi connectivity index (χ3v) is 7.37. The number of amides is 2. The summed E-state index contributed by atoms with van der Waals surface area (Å²) >= 11 is 1.30. The second kappa shape index (κ2) is 11.5. The molecule has 9 heteroatoms. The van der Waals surface area contributed by atoms with Gasteiger partial charge in [0.25, 0.3) is 5.91 Å². The number of hydrogen-bond acceptors (Lipinski definition) is 7. The highest BCUT2D eigenvalue weighted by atomic mass is 32.2. The molecule has 0 heterocycles. The van der Waals surface area contributed by atoms with E-state index in [1.54, 1.807) is 84.9 Å². The molecule has 0 spiro atoms. The topological polar surface area (TPSA) is 111 Å². The molecule has 0 saturated carbocycles. The van der Waals surface area contributed by atoms with Crippen LogP contribution in [-0.4, -0.2) is 43.4 Å². The van der Waals surface area contributed by atoms with Crippen LogP contribution in [0.5, 0.6) is 11.5 Å². The van der Waals surface area contributed by atoms with E-state index in [0.29, 0.717) is 39.6 Å². The quantitative estimate of drug-likeness (QED) is 0.246. The standard InChI is InChI=1S/C31H24N2O6S/c1-38-25-15-10-18(16-26(25)39-2)31(37)32-19-11-13-20(14-12-19)40-17-27(34)33-24-9-5-8-23-28(24)30(36)22-7-4-3-6-21(22)29(23)35/h3-16H,17H2,1-2H3,(H,32,37)(H,33,34). The summed E-state index contributed by atoms with van der Waals surface area (Å²) in [5.41, 5.74) is 2.49. The summed E-state index contributed by atoms with van der Waals surface area (Å²) in [7, 11) is 3.03. The SMILES string of the molecule is COc1ccc(C(=O)Nc2ccc(SCC(=O)Nc3cccc4c3C(=O)c3ccccc3C4=O)cc2)cc1OC. The van der Waals surface area contributed by atoms with Crippen LogP contribution in [0.4, 0.5) is 11.4 Å². The number of thioether (sulfide) groups is 1. The van der Waals surface area contributed by atoms with E-state index in [2.05, 4.69) is 10.6 Å². The number of anilines is 2. The number of ether oxygens (including phenoxy) is 2. The smallest absolute Gasteiger partial charge is 0.255 e. The minimum Gasteiger partial charge on any atom is -0.493 e. The van der Waals surface area contributed by atoms with E-state index in [1.165, 1.54) is 26.0 Å². The second-order valence-electron chi connectivity index (χ2n) is 8.82. The number of methoxy groups -OCH3 is 2. The van der Waals surface area contributed by atoms with Gasteiger partial charge in [-0.2, -0.15) is 0 Å². The first-order chi connectivity index (χ1) is 19.4. The first kappa shape index (κ1) is 26.7. The van der Waals surface area contributed by atoms with E-state index in [0.717, 1.165) is 4.90 Å². The van der Waals surface area contributed by atoms with E-state index in [-0.39, 0.29) is 40.3 Å². The molecule has 0 aromatic heterocycles. The van der Waals surface area contributed by atoms with Crippen molar-refractivity contribution in [2.24, 2.45) is 0 Å². The van der Waals surface area contributed by atoms with Gasteiger partial charge in [-0.25, -0.2) is 0 Å². The Morgan fingerprint density at radius 2 is 1.40 bits per heavy atom. The molecule has 8 nitrogen and oxygen atoms in total. The highest BCUT2D eigenvalue weighted by Crippen LogP contribution is 2.32. The van der Waals surface area contributed by atoms with Crippen LogP contribution >= 0.6 is 11.8 Å². The van der Waals surface area contributed by atoms with Gasteiger partial charge in [-0.3, -0.25) is 19.2 Å². The van der Waals surface area contributed by atoms with E-state index in [4.69, 9.17) is 9.47 Å². The third-order valence-electron chi connectivity index (χ3n) is 6.35. The maximum atomic E-state index is 13.1. The maximum Gasteiger partial charge on any atom is 0.255 e. The zero-order valence-electron chi connectivity index (χ0n) is 21.6. The number of ketones is 2. The van der Waals surface area contributed by atoms with Crippen molar-refractivity contribution in [3.8, 4) is 11.5 Å². The lowest BCUT2D eigenvalue weighted by atomic mass is 9.83. The van der Waals surface area contributed by atoms with Crippen LogP contribution in [-0.2, 0) is 4.79 Å². The zero-order valence-corrected chi connectivity index (χ0v) is 22.5. The summed E-state index contributed by atoms with van der Waals surface area (Å²) in [4.78, 5) is 52.3. The molecule has 0 atom stereocenters. The summed E-state index contributed by atoms with van der Waals surface area (Å²) in [5.74, 6) is -0.0851. The number of carbonyl (C=O) groups is 4. The fourth-order valence-electron chi connectivity index (χ4n) is 4.40. The Morgan fingerprint density at radius 1 is 0.725 bits per heavy atom. The molecular formula is C31H24N2O6S.